The van der Waals surface area contributed by atoms with Crippen LogP contribution in [0.4, 0.5) is 21.2 Å². The van der Waals surface area contributed by atoms with Gasteiger partial charge in [0.05, 0.1) is 42.8 Å². The van der Waals surface area contributed by atoms with Crippen LogP contribution in [0.5, 0.6) is 0 Å². The Labute approximate surface area is 291 Å². The summed E-state index contributed by atoms with van der Waals surface area (Å²) in [6.07, 6.45) is -1.22. The molecule has 12 nitrogen and oxygen atoms in total. The lowest BCUT2D eigenvalue weighted by Crippen LogP contribution is -2.48. The van der Waals surface area contributed by atoms with Gasteiger partial charge in [0.25, 0.3) is 11.6 Å². The van der Waals surface area contributed by atoms with Crippen molar-refractivity contribution in [2.45, 2.75) is 56.8 Å². The summed E-state index contributed by atoms with van der Waals surface area (Å²) in [6.45, 7) is 6.39. The molecule has 0 bridgehead atoms. The van der Waals surface area contributed by atoms with Crippen molar-refractivity contribution in [1.82, 2.24) is 10.2 Å². The van der Waals surface area contributed by atoms with Crippen LogP contribution in [0.3, 0.4) is 0 Å². The minimum absolute atomic E-state index is 0.0370. The van der Waals surface area contributed by atoms with Gasteiger partial charge in [-0.3, -0.25) is 24.5 Å². The van der Waals surface area contributed by atoms with E-state index in [9.17, 15) is 29.6 Å². The number of anilines is 2. The zero-order valence-corrected chi connectivity index (χ0v) is 29.4. The molecule has 0 unspecified atom stereocenters. The van der Waals surface area contributed by atoms with Gasteiger partial charge in [0.1, 0.15) is 0 Å². The third kappa shape index (κ3) is 6.55. The number of rotatable bonds is 11. The third-order valence-electron chi connectivity index (χ3n) is 10.1. The van der Waals surface area contributed by atoms with Crippen molar-refractivity contribution in [2.75, 3.05) is 42.6 Å². The number of amides is 3. The Morgan fingerprint density at radius 1 is 1.12 bits per heavy atom. The van der Waals surface area contributed by atoms with Gasteiger partial charge < -0.3 is 34.0 Å². The van der Waals surface area contributed by atoms with Gasteiger partial charge in [0.15, 0.2) is 5.60 Å². The van der Waals surface area contributed by atoms with E-state index in [0.717, 1.165) is 16.8 Å². The normalized spacial score (nSPS) is 23.4. The van der Waals surface area contributed by atoms with E-state index in [-0.39, 0.29) is 62.3 Å². The number of hydrogen-bond acceptors (Lipinski definition) is 8. The zero-order valence-electron chi connectivity index (χ0n) is 28.4. The number of nitrogens with zero attached hydrogens (tertiary/aromatic N) is 4. The molecule has 2 fully saturated rings. The molecule has 2 N–H and O–H groups in total. The van der Waals surface area contributed by atoms with Crippen molar-refractivity contribution in [3.05, 3.63) is 99.6 Å². The predicted molar refractivity (Wildman–Crippen MR) is 188 cm³/mol. The lowest BCUT2D eigenvalue weighted by atomic mass is 9.82. The summed E-state index contributed by atoms with van der Waals surface area (Å²) >= 11 is 0. The molecule has 0 aliphatic carbocycles. The standard InChI is InChI=1S/C36H42FN5O7Si/c1-24-34(50(2,3)37)31(20-32(44)39(17-18-43)22-25-7-5-4-6-8-25)49-36(24)29-19-28(42(47)48)13-14-30(29)41(35(36)46)23-26-9-11-27(12-10-26)40-16-15-38-21-33(40)45/h4-14,19,24,31,34,38,43H,15-18,20-23H2,1-3H3/t24-,31+,34-,36+/m1/s1. The van der Waals surface area contributed by atoms with E-state index < -0.39 is 42.4 Å². The monoisotopic (exact) mass is 703 g/mol. The molecule has 0 aromatic heterocycles. The van der Waals surface area contributed by atoms with Crippen LogP contribution < -0.4 is 15.1 Å². The Morgan fingerprint density at radius 2 is 1.84 bits per heavy atom. The molecule has 3 aliphatic heterocycles. The number of aliphatic hydroxyl groups excluding tert-OH is 1. The average molecular weight is 704 g/mol. The summed E-state index contributed by atoms with van der Waals surface area (Å²) < 4.78 is 23.1. The van der Waals surface area contributed by atoms with Gasteiger partial charge in [0, 0.05) is 61.0 Å². The second-order valence-electron chi connectivity index (χ2n) is 13.7. The number of ether oxygens (including phenoxy) is 1. The fourth-order valence-electron chi connectivity index (χ4n) is 7.87. The molecule has 4 atom stereocenters. The number of carbonyl (C=O) groups is 3. The van der Waals surface area contributed by atoms with Crippen LogP contribution >= 0.6 is 0 Å². The van der Waals surface area contributed by atoms with E-state index in [1.165, 1.54) is 41.1 Å². The van der Waals surface area contributed by atoms with E-state index in [4.69, 9.17) is 4.74 Å². The lowest BCUT2D eigenvalue weighted by Gasteiger charge is -2.31. The Kier molecular flexibility index (Phi) is 9.90. The van der Waals surface area contributed by atoms with E-state index in [1.54, 1.807) is 11.8 Å². The summed E-state index contributed by atoms with van der Waals surface area (Å²) in [7, 11) is -3.64. The highest BCUT2D eigenvalue weighted by atomic mass is 28.4. The van der Waals surface area contributed by atoms with Crippen LogP contribution in [-0.2, 0) is 37.8 Å². The maximum Gasteiger partial charge on any atom is 0.269 e. The van der Waals surface area contributed by atoms with Gasteiger partial charge in [0.2, 0.25) is 20.2 Å². The first-order valence-electron chi connectivity index (χ1n) is 16.9. The number of benzene rings is 3. The van der Waals surface area contributed by atoms with Gasteiger partial charge in [-0.1, -0.05) is 49.4 Å². The molecule has 3 heterocycles. The minimum Gasteiger partial charge on any atom is -0.395 e. The maximum absolute atomic E-state index is 16.4. The molecule has 6 rings (SSSR count). The molecule has 50 heavy (non-hydrogen) atoms. The number of nitro benzene ring substituents is 1. The third-order valence-corrected chi connectivity index (χ3v) is 12.6. The number of non-ortho nitro benzene ring substituents is 1. The predicted octanol–water partition coefficient (Wildman–Crippen LogP) is 4.26. The Bertz CT molecular complexity index is 1770. The summed E-state index contributed by atoms with van der Waals surface area (Å²) in [5.41, 5.74) is 0.252. The molecule has 0 radical (unpaired) electrons. The summed E-state index contributed by atoms with van der Waals surface area (Å²) in [4.78, 5) is 57.1. The van der Waals surface area contributed by atoms with Crippen LogP contribution in [0, 0.1) is 16.0 Å². The fourth-order valence-corrected chi connectivity index (χ4v) is 10.4. The van der Waals surface area contributed by atoms with Crippen molar-refractivity contribution in [2.24, 2.45) is 5.92 Å². The van der Waals surface area contributed by atoms with E-state index in [0.29, 0.717) is 18.8 Å². The molecule has 0 saturated carbocycles. The first-order chi connectivity index (χ1) is 23.8. The number of hydrogen-bond donors (Lipinski definition) is 2. The molecule has 3 aliphatic rings. The van der Waals surface area contributed by atoms with E-state index >= 15 is 4.11 Å². The summed E-state index contributed by atoms with van der Waals surface area (Å²) in [5, 5.41) is 24.8. The van der Waals surface area contributed by atoms with Gasteiger partial charge in [-0.15, -0.1) is 0 Å². The number of carbonyl (C=O) groups excluding carboxylic acids is 3. The van der Waals surface area contributed by atoms with Crippen molar-refractivity contribution < 1.29 is 33.3 Å². The maximum atomic E-state index is 16.4. The number of halogens is 1. The number of fused-ring (bicyclic) bond motifs is 2. The van der Waals surface area contributed by atoms with Crippen molar-refractivity contribution >= 4 is 43.2 Å². The second kappa shape index (κ2) is 14.0. The molecular formula is C36H42FN5O7Si. The smallest absolute Gasteiger partial charge is 0.269 e. The van der Waals surface area contributed by atoms with Gasteiger partial charge in [-0.2, -0.15) is 0 Å². The zero-order chi connectivity index (χ0) is 35.8. The molecule has 3 aromatic rings. The molecule has 2 saturated heterocycles. The molecule has 3 amide bonds. The summed E-state index contributed by atoms with van der Waals surface area (Å²) in [5.74, 6) is -1.63. The van der Waals surface area contributed by atoms with Crippen LogP contribution in [0.2, 0.25) is 18.6 Å². The highest BCUT2D eigenvalue weighted by Crippen LogP contribution is 2.60. The topological polar surface area (TPSA) is 146 Å². The van der Waals surface area contributed by atoms with Gasteiger partial charge in [-0.05, 0) is 42.4 Å². The van der Waals surface area contributed by atoms with E-state index in [1.807, 2.05) is 54.6 Å². The van der Waals surface area contributed by atoms with Crippen LogP contribution in [-0.4, -0.2) is 79.9 Å². The average Bonchev–Trinajstić information content (AvgIpc) is 3.51. The van der Waals surface area contributed by atoms with Crippen LogP contribution in [0.1, 0.15) is 30.0 Å². The molecule has 264 valence electrons. The van der Waals surface area contributed by atoms with Crippen molar-refractivity contribution in [1.29, 1.82) is 0 Å². The Morgan fingerprint density at radius 3 is 2.48 bits per heavy atom. The minimum atomic E-state index is -3.64. The van der Waals surface area contributed by atoms with Crippen molar-refractivity contribution in [3.63, 3.8) is 0 Å². The van der Waals surface area contributed by atoms with E-state index in [2.05, 4.69) is 5.32 Å². The Hall–Kier alpha value is -4.50. The van der Waals surface area contributed by atoms with Gasteiger partial charge in [-0.25, -0.2) is 0 Å². The van der Waals surface area contributed by atoms with Crippen LogP contribution in [0.15, 0.2) is 72.8 Å². The lowest BCUT2D eigenvalue weighted by molar-refractivity contribution is -0.385. The second-order valence-corrected chi connectivity index (χ2v) is 17.5. The highest BCUT2D eigenvalue weighted by molar-refractivity contribution is 6.72. The van der Waals surface area contributed by atoms with Gasteiger partial charge >= 0.3 is 0 Å². The SMILES string of the molecule is C[C@@H]1[C@@H]([Si](C)(C)F)[C@H](CC(=O)N(CCO)Cc2ccccc2)O[C@@]12C(=O)N(Cc1ccc(N3CCNCC3=O)cc1)c1ccc([N+](=O)[O-])cc12. The fraction of sp³-hybridized carbons (Fsp3) is 0.417. The number of nitro groups is 1. The molecule has 14 heteroatoms. The number of nitrogens with one attached hydrogen (secondary N) is 1. The quantitative estimate of drug-likeness (QED) is 0.131. The molecule has 3 aromatic carbocycles. The number of aliphatic hydroxyl groups is 1. The molecular weight excluding hydrogens is 662 g/mol. The summed E-state index contributed by atoms with van der Waals surface area (Å²) in [6, 6.07) is 20.8. The Balaban J connectivity index is 1.34. The number of piperazine rings is 1. The highest BCUT2D eigenvalue weighted by Gasteiger charge is 2.67. The van der Waals surface area contributed by atoms with Crippen molar-refractivity contribution in [3.8, 4) is 0 Å². The van der Waals surface area contributed by atoms with Crippen LogP contribution in [0.25, 0.3) is 0 Å². The largest absolute Gasteiger partial charge is 0.395 e. The first-order valence-corrected chi connectivity index (χ1v) is 19.8. The molecule has 1 spiro atoms. The first kappa shape index (κ1) is 35.3.